The molecule has 0 saturated carbocycles. The van der Waals surface area contributed by atoms with E-state index in [2.05, 4.69) is 10.6 Å². The van der Waals surface area contributed by atoms with E-state index in [-0.39, 0.29) is 27.4 Å². The highest BCUT2D eigenvalue weighted by Gasteiger charge is 2.22. The van der Waals surface area contributed by atoms with Crippen molar-refractivity contribution in [2.24, 2.45) is 5.41 Å². The highest BCUT2D eigenvalue weighted by molar-refractivity contribution is 6.35. The maximum atomic E-state index is 12.2. The molecule has 0 saturated heterocycles. The fourth-order valence-corrected chi connectivity index (χ4v) is 2.11. The first-order valence-electron chi connectivity index (χ1n) is 6.50. The fraction of sp³-hybridized carbons (Fsp3) is 0.333. The van der Waals surface area contributed by atoms with Crippen LogP contribution in [-0.4, -0.2) is 16.9 Å². The van der Waals surface area contributed by atoms with Gasteiger partial charge in [-0.15, -0.1) is 0 Å². The van der Waals surface area contributed by atoms with Crippen molar-refractivity contribution in [1.82, 2.24) is 5.32 Å². The molecule has 0 aliphatic rings. The molecule has 120 valence electrons. The molecule has 0 atom stereocenters. The number of anilines is 1. The molecular formula is C15H18Cl2N2O3. The summed E-state index contributed by atoms with van der Waals surface area (Å²) >= 11 is 11.9. The van der Waals surface area contributed by atoms with Gasteiger partial charge in [-0.05, 0) is 18.2 Å². The van der Waals surface area contributed by atoms with Crippen LogP contribution in [0.15, 0.2) is 29.1 Å². The largest absolute Gasteiger partial charge is 0.509 e. The third-order valence-electron chi connectivity index (χ3n) is 2.67. The molecule has 5 nitrogen and oxygen atoms in total. The number of halogens is 2. The van der Waals surface area contributed by atoms with Crippen LogP contribution in [0.5, 0.6) is 0 Å². The van der Waals surface area contributed by atoms with E-state index in [1.54, 1.807) is 26.8 Å². The Kier molecular flexibility index (Phi) is 5.85. The van der Waals surface area contributed by atoms with Crippen LogP contribution in [0.25, 0.3) is 0 Å². The topological polar surface area (TPSA) is 78.4 Å². The zero-order valence-electron chi connectivity index (χ0n) is 12.8. The summed E-state index contributed by atoms with van der Waals surface area (Å²) in [6, 6.07) is 4.49. The summed E-state index contributed by atoms with van der Waals surface area (Å²) in [7, 11) is 0. The van der Waals surface area contributed by atoms with Crippen molar-refractivity contribution >= 4 is 40.7 Å². The van der Waals surface area contributed by atoms with Crippen molar-refractivity contribution in [2.45, 2.75) is 27.7 Å². The van der Waals surface area contributed by atoms with E-state index in [4.69, 9.17) is 23.2 Å². The zero-order chi connectivity index (χ0) is 17.1. The highest BCUT2D eigenvalue weighted by atomic mass is 35.5. The molecule has 22 heavy (non-hydrogen) atoms. The van der Waals surface area contributed by atoms with Crippen molar-refractivity contribution in [3.8, 4) is 0 Å². The highest BCUT2D eigenvalue weighted by Crippen LogP contribution is 2.27. The predicted molar refractivity (Wildman–Crippen MR) is 88.2 cm³/mol. The van der Waals surface area contributed by atoms with Crippen LogP contribution < -0.4 is 10.6 Å². The molecule has 0 fully saturated rings. The fourth-order valence-electron chi connectivity index (χ4n) is 1.54. The van der Waals surface area contributed by atoms with Crippen molar-refractivity contribution in [3.63, 3.8) is 0 Å². The molecule has 3 N–H and O–H groups in total. The number of carbonyl (C=O) groups excluding carboxylic acids is 2. The van der Waals surface area contributed by atoms with Gasteiger partial charge in [0.2, 0.25) is 5.91 Å². The van der Waals surface area contributed by atoms with Gasteiger partial charge in [-0.1, -0.05) is 44.0 Å². The summed E-state index contributed by atoms with van der Waals surface area (Å²) in [5.41, 5.74) is -0.0402. The number of hydrogen-bond acceptors (Lipinski definition) is 3. The number of benzene rings is 1. The molecule has 1 aromatic carbocycles. The summed E-state index contributed by atoms with van der Waals surface area (Å²) in [6.45, 7) is 6.61. The van der Waals surface area contributed by atoms with Gasteiger partial charge in [0.25, 0.3) is 5.91 Å². The van der Waals surface area contributed by atoms with E-state index in [1.165, 1.54) is 19.1 Å². The van der Waals surface area contributed by atoms with Gasteiger partial charge in [-0.2, -0.15) is 0 Å². The van der Waals surface area contributed by atoms with E-state index in [9.17, 15) is 14.7 Å². The summed E-state index contributed by atoms with van der Waals surface area (Å²) in [5, 5.41) is 14.9. The smallest absolute Gasteiger partial charge is 0.258 e. The van der Waals surface area contributed by atoms with Gasteiger partial charge in [-0.25, -0.2) is 0 Å². The van der Waals surface area contributed by atoms with Gasteiger partial charge in [0.1, 0.15) is 10.9 Å². The first-order chi connectivity index (χ1) is 10.0. The monoisotopic (exact) mass is 344 g/mol. The number of amides is 2. The lowest BCUT2D eigenvalue weighted by Crippen LogP contribution is -2.25. The van der Waals surface area contributed by atoms with Crippen LogP contribution >= 0.6 is 23.2 Å². The molecule has 0 bridgehead atoms. The van der Waals surface area contributed by atoms with Crippen LogP contribution in [-0.2, 0) is 4.79 Å². The van der Waals surface area contributed by atoms with E-state index in [1.807, 2.05) is 0 Å². The van der Waals surface area contributed by atoms with Gasteiger partial charge in [0, 0.05) is 18.0 Å². The Hall–Kier alpha value is -1.72. The molecule has 0 aliphatic carbocycles. The first kappa shape index (κ1) is 18.3. The van der Waals surface area contributed by atoms with Crippen LogP contribution in [0, 0.1) is 5.41 Å². The minimum atomic E-state index is -0.605. The summed E-state index contributed by atoms with van der Waals surface area (Å²) in [4.78, 5) is 23.3. The maximum absolute atomic E-state index is 12.2. The van der Waals surface area contributed by atoms with E-state index in [0.717, 1.165) is 0 Å². The Balaban J connectivity index is 3.06. The van der Waals surface area contributed by atoms with Gasteiger partial charge < -0.3 is 15.7 Å². The molecule has 2 amide bonds. The molecule has 0 aromatic heterocycles. The molecular weight excluding hydrogens is 327 g/mol. The van der Waals surface area contributed by atoms with Crippen molar-refractivity contribution in [3.05, 3.63) is 39.7 Å². The van der Waals surface area contributed by atoms with Gasteiger partial charge >= 0.3 is 0 Å². The third-order valence-corrected chi connectivity index (χ3v) is 3.28. The molecule has 0 heterocycles. The van der Waals surface area contributed by atoms with Crippen molar-refractivity contribution < 1.29 is 14.7 Å². The number of aliphatic hydroxyl groups is 1. The van der Waals surface area contributed by atoms with Crippen LogP contribution in [0.2, 0.25) is 5.02 Å². The number of hydrogen-bond donors (Lipinski definition) is 3. The molecule has 1 rings (SSSR count). The number of nitrogens with one attached hydrogen (secondary N) is 2. The van der Waals surface area contributed by atoms with Crippen molar-refractivity contribution in [2.75, 3.05) is 5.32 Å². The van der Waals surface area contributed by atoms with Crippen LogP contribution in [0.1, 0.15) is 38.1 Å². The number of carbonyl (C=O) groups is 2. The lowest BCUT2D eigenvalue weighted by atomic mass is 9.94. The van der Waals surface area contributed by atoms with Crippen LogP contribution in [0.3, 0.4) is 0 Å². The maximum Gasteiger partial charge on any atom is 0.258 e. The normalized spacial score (nSPS) is 12.5. The molecule has 1 aromatic rings. The SMILES string of the molecule is CC(=O)Nc1ccc(Cl)c(C(=O)NC(Cl)=C(O)C(C)(C)C)c1. The van der Waals surface area contributed by atoms with Gasteiger partial charge in [-0.3, -0.25) is 9.59 Å². The minimum absolute atomic E-state index is 0.132. The number of rotatable bonds is 3. The molecule has 0 spiro atoms. The first-order valence-corrected chi connectivity index (χ1v) is 7.25. The molecule has 0 unspecified atom stereocenters. The summed E-state index contributed by atoms with van der Waals surface area (Å²) < 4.78 is 0. The van der Waals surface area contributed by atoms with E-state index >= 15 is 0 Å². The number of allylic oxidation sites excluding steroid dienone is 1. The predicted octanol–water partition coefficient (Wildman–Crippen LogP) is 4.04. The Morgan fingerprint density at radius 2 is 1.82 bits per heavy atom. The Labute approximate surface area is 139 Å². The lowest BCUT2D eigenvalue weighted by Gasteiger charge is -2.19. The molecule has 7 heteroatoms. The molecule has 0 radical (unpaired) electrons. The zero-order valence-corrected chi connectivity index (χ0v) is 14.3. The van der Waals surface area contributed by atoms with Crippen LogP contribution in [0.4, 0.5) is 5.69 Å². The second kappa shape index (κ2) is 7.03. The average molecular weight is 345 g/mol. The summed E-state index contributed by atoms with van der Waals surface area (Å²) in [6.07, 6.45) is 0. The lowest BCUT2D eigenvalue weighted by molar-refractivity contribution is -0.114. The second-order valence-electron chi connectivity index (χ2n) is 5.74. The quantitative estimate of drug-likeness (QED) is 0.571. The number of aliphatic hydroxyl groups excluding tert-OH is 1. The van der Waals surface area contributed by atoms with E-state index in [0.29, 0.717) is 5.69 Å². The van der Waals surface area contributed by atoms with Crippen molar-refractivity contribution in [1.29, 1.82) is 0 Å². The Morgan fingerprint density at radius 3 is 2.32 bits per heavy atom. The van der Waals surface area contributed by atoms with Gasteiger partial charge in [0.15, 0.2) is 0 Å². The van der Waals surface area contributed by atoms with Gasteiger partial charge in [0.05, 0.1) is 10.6 Å². The van der Waals surface area contributed by atoms with E-state index < -0.39 is 11.3 Å². The third kappa shape index (κ3) is 4.93. The average Bonchev–Trinajstić information content (AvgIpc) is 2.38. The summed E-state index contributed by atoms with van der Waals surface area (Å²) in [5.74, 6) is -0.994. The Morgan fingerprint density at radius 1 is 1.23 bits per heavy atom. The standard InChI is InChI=1S/C15H18Cl2N2O3/c1-8(20)18-9-5-6-11(16)10(7-9)14(22)19-13(17)12(21)15(2,3)4/h5-7,21H,1-4H3,(H,18,20)(H,19,22). The minimum Gasteiger partial charge on any atom is -0.509 e. The molecule has 0 aliphatic heterocycles. The second-order valence-corrected chi connectivity index (χ2v) is 6.53. The Bertz CT molecular complexity index is 634.